The van der Waals surface area contributed by atoms with Gasteiger partial charge in [0.2, 0.25) is 5.78 Å². The van der Waals surface area contributed by atoms with Gasteiger partial charge in [0.05, 0.1) is 24.8 Å². The van der Waals surface area contributed by atoms with Gasteiger partial charge in [0.15, 0.2) is 23.0 Å². The molecule has 2 aromatic rings. The summed E-state index contributed by atoms with van der Waals surface area (Å²) in [6.07, 6.45) is 0.680. The van der Waals surface area contributed by atoms with Gasteiger partial charge in [-0.3, -0.25) is 9.59 Å². The van der Waals surface area contributed by atoms with Crippen molar-refractivity contribution in [2.75, 3.05) is 40.4 Å². The van der Waals surface area contributed by atoms with Crippen LogP contribution >= 0.6 is 0 Å². The summed E-state index contributed by atoms with van der Waals surface area (Å²) in [5.74, 6) is 0.118. The summed E-state index contributed by atoms with van der Waals surface area (Å²) in [6.45, 7) is 7.51. The van der Waals surface area contributed by atoms with E-state index >= 15 is 0 Å². The van der Waals surface area contributed by atoms with E-state index < -0.39 is 23.5 Å². The lowest BCUT2D eigenvalue weighted by molar-refractivity contribution is -0.129. The zero-order valence-corrected chi connectivity index (χ0v) is 19.9. The van der Waals surface area contributed by atoms with E-state index in [1.165, 1.54) is 4.90 Å². The number of Topliss-reactive ketones (excluding diaryl/α,β-unsaturated/α-hetero) is 1. The van der Waals surface area contributed by atoms with Crippen molar-refractivity contribution in [3.05, 3.63) is 58.7 Å². The van der Waals surface area contributed by atoms with Crippen molar-refractivity contribution < 1.29 is 28.6 Å². The smallest absolute Gasteiger partial charge is 0.290 e. The number of aliphatic hydroxyl groups excluding tert-OH is 1. The summed E-state index contributed by atoms with van der Waals surface area (Å²) in [7, 11) is 3.90. The van der Waals surface area contributed by atoms with E-state index in [2.05, 4.69) is 0 Å². The van der Waals surface area contributed by atoms with Crippen molar-refractivity contribution in [2.24, 2.45) is 0 Å². The van der Waals surface area contributed by atoms with Crippen LogP contribution < -0.4 is 9.47 Å². The molecule has 0 fully saturated rings. The molecule has 1 N–H and O–H groups in total. The molecule has 0 radical (unpaired) electrons. The van der Waals surface area contributed by atoms with E-state index in [4.69, 9.17) is 13.9 Å². The lowest BCUT2D eigenvalue weighted by Crippen LogP contribution is -2.33. The van der Waals surface area contributed by atoms with Gasteiger partial charge >= 0.3 is 0 Å². The molecule has 8 heteroatoms. The molecule has 0 spiro atoms. The van der Waals surface area contributed by atoms with Gasteiger partial charge in [-0.05, 0) is 77.7 Å². The molecule has 1 amide bonds. The number of ether oxygens (including phenoxy) is 2. The largest absolute Gasteiger partial charge is 0.503 e. The second-order valence-electron chi connectivity index (χ2n) is 8.13. The Morgan fingerprint density at radius 1 is 1.12 bits per heavy atom. The van der Waals surface area contributed by atoms with Crippen LogP contribution in [0.2, 0.25) is 0 Å². The number of rotatable bonds is 11. The number of aryl methyl sites for hydroxylation is 1. The monoisotopic (exact) mass is 456 g/mol. The average molecular weight is 457 g/mol. The Hall–Kier alpha value is -3.26. The Bertz CT molecular complexity index is 1040. The molecule has 0 saturated carbocycles. The van der Waals surface area contributed by atoms with Gasteiger partial charge in [-0.1, -0.05) is 6.07 Å². The maximum Gasteiger partial charge on any atom is 0.290 e. The number of aliphatic hydroxyl groups is 1. The predicted octanol–water partition coefficient (Wildman–Crippen LogP) is 3.92. The van der Waals surface area contributed by atoms with Gasteiger partial charge < -0.3 is 28.8 Å². The summed E-state index contributed by atoms with van der Waals surface area (Å²) in [6, 6.07) is 7.79. The number of furan rings is 1. The Balaban J connectivity index is 2.06. The molecule has 1 aromatic heterocycles. The highest BCUT2D eigenvalue weighted by Crippen LogP contribution is 2.42. The van der Waals surface area contributed by atoms with E-state index in [0.29, 0.717) is 49.0 Å². The van der Waals surface area contributed by atoms with Gasteiger partial charge in [0, 0.05) is 6.54 Å². The Morgan fingerprint density at radius 2 is 1.82 bits per heavy atom. The molecule has 0 saturated heterocycles. The third-order valence-corrected chi connectivity index (χ3v) is 5.40. The number of hydrogen-bond donors (Lipinski definition) is 1. The van der Waals surface area contributed by atoms with Crippen LogP contribution in [0.15, 0.2) is 46.1 Å². The summed E-state index contributed by atoms with van der Waals surface area (Å²) in [5.41, 5.74) is 0.654. The molecule has 178 valence electrons. The fourth-order valence-corrected chi connectivity index (χ4v) is 3.95. The van der Waals surface area contributed by atoms with Crippen LogP contribution in [0.25, 0.3) is 0 Å². The Labute approximate surface area is 194 Å². The highest BCUT2D eigenvalue weighted by Gasteiger charge is 2.44. The summed E-state index contributed by atoms with van der Waals surface area (Å²) >= 11 is 0. The highest BCUT2D eigenvalue weighted by atomic mass is 16.5. The summed E-state index contributed by atoms with van der Waals surface area (Å²) in [4.78, 5) is 30.0. The van der Waals surface area contributed by atoms with Crippen molar-refractivity contribution in [1.82, 2.24) is 9.80 Å². The molecule has 33 heavy (non-hydrogen) atoms. The van der Waals surface area contributed by atoms with Crippen LogP contribution in [-0.4, -0.2) is 67.0 Å². The van der Waals surface area contributed by atoms with Crippen LogP contribution in [-0.2, 0) is 4.79 Å². The minimum Gasteiger partial charge on any atom is -0.503 e. The maximum atomic E-state index is 13.4. The quantitative estimate of drug-likeness (QED) is 0.513. The van der Waals surface area contributed by atoms with E-state index in [1.807, 2.05) is 32.8 Å². The van der Waals surface area contributed by atoms with Crippen molar-refractivity contribution in [1.29, 1.82) is 0 Å². The second-order valence-corrected chi connectivity index (χ2v) is 8.13. The molecular formula is C25H32N2O6. The molecule has 1 aliphatic rings. The Morgan fingerprint density at radius 3 is 2.42 bits per heavy atom. The lowest BCUT2D eigenvalue weighted by atomic mass is 9.94. The van der Waals surface area contributed by atoms with Crippen LogP contribution in [0.4, 0.5) is 0 Å². The van der Waals surface area contributed by atoms with Crippen LogP contribution in [0.3, 0.4) is 0 Å². The number of amides is 1. The molecule has 3 rings (SSSR count). The highest BCUT2D eigenvalue weighted by molar-refractivity contribution is 6.15. The zero-order chi connectivity index (χ0) is 24.1. The third kappa shape index (κ3) is 5.22. The van der Waals surface area contributed by atoms with E-state index in [0.717, 1.165) is 6.54 Å². The van der Waals surface area contributed by atoms with Gasteiger partial charge in [-0.25, -0.2) is 0 Å². The van der Waals surface area contributed by atoms with E-state index in [1.54, 1.807) is 37.3 Å². The number of benzene rings is 1. The number of hydrogen-bond acceptors (Lipinski definition) is 7. The molecule has 8 nitrogen and oxygen atoms in total. The van der Waals surface area contributed by atoms with E-state index in [-0.39, 0.29) is 11.3 Å². The number of carbonyl (C=O) groups excluding carboxylic acids is 2. The SMILES string of the molecule is CCOc1ccc([C@@H]2C(C(=O)c3ccc(C)o3)=C(O)C(=O)N2CCCN(C)C)cc1OCC. The predicted molar refractivity (Wildman–Crippen MR) is 124 cm³/mol. The molecule has 1 atom stereocenters. The normalized spacial score (nSPS) is 16.1. The number of nitrogens with zero attached hydrogens (tertiary/aromatic N) is 2. The van der Waals surface area contributed by atoms with Crippen molar-refractivity contribution in [2.45, 2.75) is 33.2 Å². The summed E-state index contributed by atoms with van der Waals surface area (Å²) in [5, 5.41) is 10.8. The lowest BCUT2D eigenvalue weighted by Gasteiger charge is -2.27. The molecule has 0 aliphatic carbocycles. The van der Waals surface area contributed by atoms with Crippen molar-refractivity contribution in [3.63, 3.8) is 0 Å². The minimum absolute atomic E-state index is 0.00538. The Kier molecular flexibility index (Phi) is 7.81. The molecule has 2 heterocycles. The number of carbonyl (C=O) groups is 2. The fourth-order valence-electron chi connectivity index (χ4n) is 3.95. The average Bonchev–Trinajstić information content (AvgIpc) is 3.31. The molecule has 0 bridgehead atoms. The van der Waals surface area contributed by atoms with Gasteiger partial charge in [-0.2, -0.15) is 0 Å². The first-order valence-electron chi connectivity index (χ1n) is 11.2. The first-order valence-corrected chi connectivity index (χ1v) is 11.2. The van der Waals surface area contributed by atoms with Crippen molar-refractivity contribution in [3.8, 4) is 11.5 Å². The fraction of sp³-hybridized carbons (Fsp3) is 0.440. The first-order chi connectivity index (χ1) is 15.8. The molecular weight excluding hydrogens is 424 g/mol. The maximum absolute atomic E-state index is 13.4. The van der Waals surface area contributed by atoms with Gasteiger partial charge in [-0.15, -0.1) is 0 Å². The summed E-state index contributed by atoms with van der Waals surface area (Å²) < 4.78 is 16.9. The zero-order valence-electron chi connectivity index (χ0n) is 19.9. The van der Waals surface area contributed by atoms with Crippen LogP contribution in [0.1, 0.15) is 48.2 Å². The van der Waals surface area contributed by atoms with Crippen molar-refractivity contribution >= 4 is 11.7 Å². The third-order valence-electron chi connectivity index (χ3n) is 5.40. The second kappa shape index (κ2) is 10.6. The number of ketones is 1. The first kappa shape index (κ1) is 24.4. The standard InChI is InChI=1S/C25H32N2O6/c1-6-31-18-12-10-17(15-20(18)32-7-2)22-21(23(28)19-11-9-16(3)33-19)24(29)25(30)27(22)14-8-13-26(4)5/h9-12,15,22,29H,6-8,13-14H2,1-5H3/t22-/m1/s1. The minimum atomic E-state index is -0.771. The van der Waals surface area contributed by atoms with Gasteiger partial charge in [0.1, 0.15) is 5.76 Å². The molecule has 1 aliphatic heterocycles. The topological polar surface area (TPSA) is 92.5 Å². The molecule has 1 aromatic carbocycles. The van der Waals surface area contributed by atoms with E-state index in [9.17, 15) is 14.7 Å². The molecule has 0 unspecified atom stereocenters. The van der Waals surface area contributed by atoms with Gasteiger partial charge in [0.25, 0.3) is 5.91 Å². The van der Waals surface area contributed by atoms with Crippen LogP contribution in [0, 0.1) is 6.92 Å². The van der Waals surface area contributed by atoms with Crippen LogP contribution in [0.5, 0.6) is 11.5 Å².